The van der Waals surface area contributed by atoms with E-state index < -0.39 is 24.8 Å². The molecule has 0 atom stereocenters. The second-order valence-corrected chi connectivity index (χ2v) is 42.4. The molecular weight excluding hydrogens is 741 g/mol. The van der Waals surface area contributed by atoms with Crippen LogP contribution in [0, 0.1) is 9.84 Å². The van der Waals surface area contributed by atoms with Gasteiger partial charge < -0.3 is 0 Å². The summed E-state index contributed by atoms with van der Waals surface area (Å²) in [5.74, 6) is 0. The molecule has 2 nitrogen and oxygen atoms in total. The van der Waals surface area contributed by atoms with Crippen LogP contribution in [0.15, 0.2) is 182 Å². The van der Waals surface area contributed by atoms with Gasteiger partial charge in [-0.2, -0.15) is 0 Å². The van der Waals surface area contributed by atoms with Crippen LogP contribution in [-0.4, -0.2) is 4.39 Å². The standard InChI is InChI=1S/2C18H15P.CN.CO.Ir/c2*1-4-10-16(11-5-1)19(17-12-6-2-7-13-17)18-14-8-3-9-15-18;2*1-2;/h2*1-15H;;;/q;;;;-2/p+2. The molecule has 0 aliphatic rings. The predicted molar refractivity (Wildman–Crippen MR) is 184 cm³/mol. The summed E-state index contributed by atoms with van der Waals surface area (Å²) in [7, 11) is 0. The molecule has 0 fully saturated rings. The average Bonchev–Trinajstić information content (AvgIpc) is 3.11. The molecule has 0 saturated carbocycles. The molecule has 0 saturated heterocycles. The van der Waals surface area contributed by atoms with Crippen molar-refractivity contribution in [2.45, 2.75) is 0 Å². The molecule has 0 N–H and O–H groups in total. The van der Waals surface area contributed by atoms with Crippen LogP contribution in [0.4, 0.5) is 0 Å². The van der Waals surface area contributed by atoms with E-state index in [0.717, 1.165) is 31.8 Å². The molecule has 0 aromatic heterocycles. The Bertz CT molecular complexity index is 1600. The van der Waals surface area contributed by atoms with E-state index in [4.69, 9.17) is 0 Å². The zero-order chi connectivity index (χ0) is 29.6. The monoisotopic (exact) mass is 773 g/mol. The van der Waals surface area contributed by atoms with Crippen molar-refractivity contribution in [3.63, 3.8) is 0 Å². The molecule has 0 unspecified atom stereocenters. The van der Waals surface area contributed by atoms with E-state index in [0.29, 0.717) is 0 Å². The summed E-state index contributed by atoms with van der Waals surface area (Å²) in [5.41, 5.74) is -6.85. The van der Waals surface area contributed by atoms with Gasteiger partial charge in [0.15, 0.2) is 0 Å². The van der Waals surface area contributed by atoms with Crippen molar-refractivity contribution >= 4 is 47.2 Å². The molecular formula is C38H32IrNOP2. The van der Waals surface area contributed by atoms with Crippen LogP contribution in [0.25, 0.3) is 0 Å². The Morgan fingerprint density at radius 1 is 0.372 bits per heavy atom. The van der Waals surface area contributed by atoms with E-state index in [-0.39, 0.29) is 0 Å². The number of nitriles is 1. The molecule has 0 bridgehead atoms. The number of nitrogens with zero attached hydrogens (tertiary/aromatic N) is 1. The van der Waals surface area contributed by atoms with Crippen molar-refractivity contribution in [3.8, 4) is 4.58 Å². The first-order chi connectivity index (χ1) is 21.3. The Hall–Kier alpha value is -4.10. The van der Waals surface area contributed by atoms with Gasteiger partial charge in [0.25, 0.3) is 0 Å². The average molecular weight is 773 g/mol. The van der Waals surface area contributed by atoms with E-state index in [1.165, 1.54) is 0 Å². The van der Waals surface area contributed by atoms with Gasteiger partial charge in [0.05, 0.1) is 0 Å². The quantitative estimate of drug-likeness (QED) is 0.179. The Labute approximate surface area is 256 Å². The van der Waals surface area contributed by atoms with Crippen LogP contribution >= 0.6 is 11.0 Å². The van der Waals surface area contributed by atoms with Gasteiger partial charge in [-0.05, 0) is 0 Å². The Morgan fingerprint density at radius 2 is 0.558 bits per heavy atom. The minimum absolute atomic E-state index is 1.08. The van der Waals surface area contributed by atoms with Gasteiger partial charge in [-0.15, -0.1) is 0 Å². The third-order valence-corrected chi connectivity index (χ3v) is 60.8. The van der Waals surface area contributed by atoms with Crippen molar-refractivity contribution in [2.24, 2.45) is 0 Å². The van der Waals surface area contributed by atoms with Crippen LogP contribution in [0.5, 0.6) is 0 Å². The second kappa shape index (κ2) is 12.6. The van der Waals surface area contributed by atoms with E-state index in [9.17, 15) is 10.1 Å². The zero-order valence-corrected chi connectivity index (χ0v) is 27.9. The van der Waals surface area contributed by atoms with Crippen LogP contribution < -0.4 is 31.8 Å². The fourth-order valence-electron chi connectivity index (χ4n) is 6.24. The van der Waals surface area contributed by atoms with E-state index >= 15 is 0 Å². The summed E-state index contributed by atoms with van der Waals surface area (Å²) in [6, 6.07) is 62.5. The SMILES string of the molecule is N#[C][Ir](=[C]=O)([PH](c1ccccc1)(c1ccccc1)c1ccccc1)[PH](c1ccccc1)(c1ccccc1)c1ccccc1. The summed E-state index contributed by atoms with van der Waals surface area (Å²) >= 11 is -4.80. The number of benzene rings is 6. The first-order valence-electron chi connectivity index (χ1n) is 14.1. The van der Waals surface area contributed by atoms with Crippen molar-refractivity contribution in [2.75, 3.05) is 0 Å². The van der Waals surface area contributed by atoms with E-state index in [1.54, 1.807) is 0 Å². The Kier molecular flexibility index (Phi) is 8.52. The molecule has 6 aromatic carbocycles. The van der Waals surface area contributed by atoms with Crippen molar-refractivity contribution in [1.29, 1.82) is 5.26 Å². The molecule has 0 spiro atoms. The molecule has 0 aliphatic heterocycles. The normalized spacial score (nSPS) is 14.3. The van der Waals surface area contributed by atoms with E-state index in [2.05, 4.69) is 155 Å². The van der Waals surface area contributed by atoms with Gasteiger partial charge in [-0.25, -0.2) is 0 Å². The predicted octanol–water partition coefficient (Wildman–Crippen LogP) is 5.97. The number of hydrogen-bond acceptors (Lipinski definition) is 2. The van der Waals surface area contributed by atoms with Gasteiger partial charge in [-0.3, -0.25) is 0 Å². The molecule has 6 aromatic rings. The first-order valence-corrected chi connectivity index (χ1v) is 27.3. The Balaban J connectivity index is 1.96. The van der Waals surface area contributed by atoms with Gasteiger partial charge in [-0.1, -0.05) is 0 Å². The zero-order valence-electron chi connectivity index (χ0n) is 23.5. The summed E-state index contributed by atoms with van der Waals surface area (Å²) in [4.78, 5) is 14.6. The summed E-state index contributed by atoms with van der Waals surface area (Å²) < 4.78 is 5.86. The molecule has 6 rings (SSSR count). The van der Waals surface area contributed by atoms with Crippen molar-refractivity contribution in [1.82, 2.24) is 0 Å². The van der Waals surface area contributed by atoms with Gasteiger partial charge in [0.2, 0.25) is 0 Å². The third-order valence-electron chi connectivity index (χ3n) is 7.92. The first kappa shape index (κ1) is 29.0. The topological polar surface area (TPSA) is 40.9 Å². The summed E-state index contributed by atoms with van der Waals surface area (Å²) in [5, 5.41) is 18.5. The molecule has 214 valence electrons. The van der Waals surface area contributed by atoms with Crippen LogP contribution in [0.2, 0.25) is 0 Å². The van der Waals surface area contributed by atoms with Gasteiger partial charge in [0.1, 0.15) is 0 Å². The number of carbonyl (C=O) groups excluding carboxylic acids is 1. The summed E-state index contributed by atoms with van der Waals surface area (Å²) in [6.45, 7) is 0. The third kappa shape index (κ3) is 4.52. The van der Waals surface area contributed by atoms with Gasteiger partial charge >= 0.3 is 258 Å². The van der Waals surface area contributed by atoms with Gasteiger partial charge in [0, 0.05) is 0 Å². The fraction of sp³-hybridized carbons (Fsp3) is 0. The number of hydrogen-bond donors (Lipinski definition) is 0. The maximum atomic E-state index is 14.6. The maximum absolute atomic E-state index is 14.6. The molecule has 0 aliphatic carbocycles. The fourth-order valence-corrected chi connectivity index (χ4v) is 72.6. The summed E-state index contributed by atoms with van der Waals surface area (Å²) in [6.07, 6.45) is 0. The number of rotatable bonds is 8. The molecule has 0 amide bonds. The van der Waals surface area contributed by atoms with Crippen LogP contribution in [0.1, 0.15) is 0 Å². The van der Waals surface area contributed by atoms with Crippen molar-refractivity contribution in [3.05, 3.63) is 182 Å². The second-order valence-electron chi connectivity index (χ2n) is 10.1. The van der Waals surface area contributed by atoms with Crippen LogP contribution in [-0.2, 0) is 18.6 Å². The molecule has 0 radical (unpaired) electrons. The van der Waals surface area contributed by atoms with Crippen molar-refractivity contribution < 1.29 is 18.6 Å². The molecule has 0 heterocycles. The minimum atomic E-state index is -4.80. The Morgan fingerprint density at radius 3 is 0.698 bits per heavy atom. The van der Waals surface area contributed by atoms with Crippen LogP contribution in [0.3, 0.4) is 0 Å². The molecule has 43 heavy (non-hydrogen) atoms. The molecule has 5 heteroatoms. The van der Waals surface area contributed by atoms with E-state index in [1.807, 2.05) is 36.4 Å².